The molecule has 0 aliphatic carbocycles. The summed E-state index contributed by atoms with van der Waals surface area (Å²) in [7, 11) is 4.52. The van der Waals surface area contributed by atoms with Gasteiger partial charge >= 0.3 is 5.97 Å². The number of carbonyl (C=O) groups excluding carboxylic acids is 2. The zero-order valence-corrected chi connectivity index (χ0v) is 23.8. The highest BCUT2D eigenvalue weighted by atomic mass is 32.1. The zero-order chi connectivity index (χ0) is 28.6. The molecule has 1 aliphatic rings. The van der Waals surface area contributed by atoms with Gasteiger partial charge in [-0.25, -0.2) is 14.8 Å². The molecule has 0 bridgehead atoms. The number of hydrogen-bond donors (Lipinski definition) is 2. The topological polar surface area (TPSA) is 146 Å². The number of thiazole rings is 1. The van der Waals surface area contributed by atoms with E-state index in [1.165, 1.54) is 21.3 Å². The first-order valence-corrected chi connectivity index (χ1v) is 13.4. The van der Waals surface area contributed by atoms with Crippen LogP contribution >= 0.6 is 11.3 Å². The summed E-state index contributed by atoms with van der Waals surface area (Å²) in [5.41, 5.74) is 1.51. The van der Waals surface area contributed by atoms with Crippen molar-refractivity contribution in [2.24, 2.45) is 0 Å². The van der Waals surface area contributed by atoms with Crippen molar-refractivity contribution in [3.05, 3.63) is 34.5 Å². The molecule has 1 aliphatic heterocycles. The van der Waals surface area contributed by atoms with Crippen molar-refractivity contribution < 1.29 is 33.3 Å². The molecule has 0 spiro atoms. The summed E-state index contributed by atoms with van der Waals surface area (Å²) < 4.78 is 26.7. The number of nitrogens with one attached hydrogen (secondary N) is 2. The Kier molecular flexibility index (Phi) is 9.56. The second-order valence-corrected chi connectivity index (χ2v) is 9.56. The fourth-order valence-electron chi connectivity index (χ4n) is 4.04. The molecule has 0 unspecified atom stereocenters. The Hall–Kier alpha value is -4.17. The first-order valence-electron chi connectivity index (χ1n) is 12.6. The highest BCUT2D eigenvalue weighted by Crippen LogP contribution is 2.40. The fraction of sp³-hybridized carbons (Fsp3) is 0.423. The third-order valence-corrected chi connectivity index (χ3v) is 6.92. The third kappa shape index (κ3) is 6.87. The van der Waals surface area contributed by atoms with Gasteiger partial charge in [0.15, 0.2) is 16.6 Å². The fourth-order valence-corrected chi connectivity index (χ4v) is 4.89. The predicted octanol–water partition coefficient (Wildman–Crippen LogP) is 3.21. The molecule has 4 rings (SSSR count). The van der Waals surface area contributed by atoms with Gasteiger partial charge in [-0.2, -0.15) is 4.98 Å². The highest BCUT2D eigenvalue weighted by Gasteiger charge is 2.20. The van der Waals surface area contributed by atoms with E-state index in [0.29, 0.717) is 76.5 Å². The summed E-state index contributed by atoms with van der Waals surface area (Å²) in [6.45, 7) is 6.19. The van der Waals surface area contributed by atoms with Crippen LogP contribution in [0.15, 0.2) is 18.2 Å². The molecule has 3 aromatic rings. The van der Waals surface area contributed by atoms with E-state index in [2.05, 4.69) is 30.5 Å². The second kappa shape index (κ2) is 13.3. The summed E-state index contributed by atoms with van der Waals surface area (Å²) in [5, 5.41) is 6.39. The smallest absolute Gasteiger partial charge is 0.350 e. The molecule has 1 aromatic carbocycles. The first-order chi connectivity index (χ1) is 19.3. The molecule has 0 radical (unpaired) electrons. The number of methoxy groups -OCH3 is 3. The van der Waals surface area contributed by atoms with E-state index in [9.17, 15) is 9.59 Å². The van der Waals surface area contributed by atoms with E-state index in [1.54, 1.807) is 32.0 Å². The molecule has 1 amide bonds. The van der Waals surface area contributed by atoms with Crippen molar-refractivity contribution in [1.82, 2.24) is 15.0 Å². The lowest BCUT2D eigenvalue weighted by Gasteiger charge is -2.28. The second-order valence-electron chi connectivity index (χ2n) is 8.56. The van der Waals surface area contributed by atoms with E-state index in [0.717, 1.165) is 11.3 Å². The van der Waals surface area contributed by atoms with Crippen molar-refractivity contribution in [2.75, 3.05) is 69.8 Å². The Morgan fingerprint density at radius 3 is 2.35 bits per heavy atom. The predicted molar refractivity (Wildman–Crippen MR) is 150 cm³/mol. The lowest BCUT2D eigenvalue weighted by Crippen LogP contribution is -2.37. The molecule has 1 saturated heterocycles. The first kappa shape index (κ1) is 28.8. The lowest BCUT2D eigenvalue weighted by molar-refractivity contribution is -0.115. The van der Waals surface area contributed by atoms with E-state index in [4.69, 9.17) is 23.7 Å². The number of esters is 1. The van der Waals surface area contributed by atoms with Crippen molar-refractivity contribution in [2.45, 2.75) is 20.3 Å². The number of rotatable bonds is 11. The van der Waals surface area contributed by atoms with Gasteiger partial charge in [-0.05, 0) is 13.8 Å². The number of morpholine rings is 1. The van der Waals surface area contributed by atoms with Crippen LogP contribution in [-0.4, -0.2) is 81.1 Å². The minimum Gasteiger partial charge on any atom is -0.493 e. The van der Waals surface area contributed by atoms with Crippen LogP contribution < -0.4 is 29.7 Å². The normalized spacial score (nSPS) is 13.0. The number of benzene rings is 1. The molecule has 3 heterocycles. The lowest BCUT2D eigenvalue weighted by atomic mass is 10.2. The van der Waals surface area contributed by atoms with Crippen molar-refractivity contribution in [1.29, 1.82) is 0 Å². The molecule has 2 aromatic heterocycles. The maximum atomic E-state index is 13.1. The SMILES string of the molecule is CCOC(=O)c1sc(Nc2nc(CC(=O)Nc3cc(OC)c(OC)c(OC)c3)cc(N3CCOCC3)n2)nc1C. The number of nitrogens with zero attached hydrogens (tertiary/aromatic N) is 4. The van der Waals surface area contributed by atoms with E-state index in [1.807, 2.05) is 0 Å². The highest BCUT2D eigenvalue weighted by molar-refractivity contribution is 7.17. The quantitative estimate of drug-likeness (QED) is 0.325. The molecule has 2 N–H and O–H groups in total. The summed E-state index contributed by atoms with van der Waals surface area (Å²) in [6, 6.07) is 5.08. The van der Waals surface area contributed by atoms with Crippen LogP contribution in [0.3, 0.4) is 0 Å². The molecule has 14 heteroatoms. The number of aromatic nitrogens is 3. The van der Waals surface area contributed by atoms with Crippen LogP contribution in [0.4, 0.5) is 22.6 Å². The van der Waals surface area contributed by atoms with Gasteiger partial charge in [0.25, 0.3) is 0 Å². The van der Waals surface area contributed by atoms with Crippen molar-refractivity contribution in [3.63, 3.8) is 0 Å². The van der Waals surface area contributed by atoms with Crippen LogP contribution in [0.1, 0.15) is 28.0 Å². The molecule has 40 heavy (non-hydrogen) atoms. The minimum atomic E-state index is -0.433. The molecule has 0 saturated carbocycles. The summed E-state index contributed by atoms with van der Waals surface area (Å²) in [5.74, 6) is 1.42. The Balaban J connectivity index is 1.58. The Morgan fingerprint density at radius 1 is 1.02 bits per heavy atom. The number of amides is 1. The van der Waals surface area contributed by atoms with Gasteiger partial charge in [-0.3, -0.25) is 10.1 Å². The Labute approximate surface area is 235 Å². The summed E-state index contributed by atoms with van der Waals surface area (Å²) >= 11 is 1.15. The van der Waals surface area contributed by atoms with E-state index >= 15 is 0 Å². The Bertz CT molecular complexity index is 1330. The number of ether oxygens (including phenoxy) is 5. The molecular weight excluding hydrogens is 540 g/mol. The molecule has 214 valence electrons. The van der Waals surface area contributed by atoms with Gasteiger partial charge in [-0.1, -0.05) is 11.3 Å². The largest absolute Gasteiger partial charge is 0.493 e. The molecule has 13 nitrogen and oxygen atoms in total. The molecular formula is C26H32N6O7S. The Morgan fingerprint density at radius 2 is 1.73 bits per heavy atom. The van der Waals surface area contributed by atoms with Gasteiger partial charge in [0.05, 0.1) is 59.0 Å². The standard InChI is InChI=1S/C26H32N6O7S/c1-6-39-24(34)23-15(2)27-26(40-23)31-25-29-17(13-20(30-25)32-7-9-38-10-8-32)14-21(33)28-16-11-18(35-3)22(37-5)19(12-16)36-4/h11-13H,6-10,14H2,1-5H3,(H,28,33)(H,27,29,30,31). The van der Waals surface area contributed by atoms with Crippen LogP contribution in [0.25, 0.3) is 0 Å². The van der Waals surface area contributed by atoms with Crippen LogP contribution in [0, 0.1) is 6.92 Å². The van der Waals surface area contributed by atoms with Gasteiger partial charge in [-0.15, -0.1) is 0 Å². The van der Waals surface area contributed by atoms with Crippen LogP contribution in [-0.2, 0) is 20.7 Å². The van der Waals surface area contributed by atoms with Crippen LogP contribution in [0.2, 0.25) is 0 Å². The number of aryl methyl sites for hydroxylation is 1. The zero-order valence-electron chi connectivity index (χ0n) is 23.0. The number of anilines is 4. The molecule has 1 fully saturated rings. The maximum Gasteiger partial charge on any atom is 0.350 e. The van der Waals surface area contributed by atoms with E-state index in [-0.39, 0.29) is 24.9 Å². The van der Waals surface area contributed by atoms with Gasteiger partial charge in [0.1, 0.15) is 10.7 Å². The number of carbonyl (C=O) groups is 2. The van der Waals surface area contributed by atoms with Crippen LogP contribution in [0.5, 0.6) is 17.2 Å². The van der Waals surface area contributed by atoms with Crippen molar-refractivity contribution in [3.8, 4) is 17.2 Å². The average molecular weight is 573 g/mol. The van der Waals surface area contributed by atoms with Gasteiger partial charge in [0.2, 0.25) is 17.6 Å². The summed E-state index contributed by atoms with van der Waals surface area (Å²) in [4.78, 5) is 41.4. The van der Waals surface area contributed by atoms with Gasteiger partial charge < -0.3 is 33.9 Å². The van der Waals surface area contributed by atoms with Gasteiger partial charge in [0, 0.05) is 37.0 Å². The maximum absolute atomic E-state index is 13.1. The van der Waals surface area contributed by atoms with Crippen molar-refractivity contribution >= 4 is 45.8 Å². The van der Waals surface area contributed by atoms with E-state index < -0.39 is 5.97 Å². The monoisotopic (exact) mass is 572 g/mol. The molecule has 0 atom stereocenters. The third-order valence-electron chi connectivity index (χ3n) is 5.87. The summed E-state index contributed by atoms with van der Waals surface area (Å²) in [6.07, 6.45) is -0.0316. The number of hydrogen-bond acceptors (Lipinski definition) is 13. The average Bonchev–Trinajstić information content (AvgIpc) is 3.32. The minimum absolute atomic E-state index is 0.0316.